The minimum absolute atomic E-state index is 0.0904. The van der Waals surface area contributed by atoms with Crippen molar-refractivity contribution in [1.29, 1.82) is 0 Å². The largest absolute Gasteiger partial charge is 0.310 e. The molecule has 176 valence electrons. The van der Waals surface area contributed by atoms with Gasteiger partial charge >= 0.3 is 0 Å². The Morgan fingerprint density at radius 1 is 0.528 bits per heavy atom. The number of nitrogens with zero attached hydrogens (tertiary/aromatic N) is 1. The summed E-state index contributed by atoms with van der Waals surface area (Å²) in [5.41, 5.74) is 11.4. The number of fused-ring (bicyclic) bond motifs is 3. The van der Waals surface area contributed by atoms with Crippen molar-refractivity contribution >= 4 is 28.8 Å². The van der Waals surface area contributed by atoms with Crippen LogP contribution in [0.5, 0.6) is 0 Å². The molecule has 0 bridgehead atoms. The fraction of sp³-hybridized carbons (Fsp3) is 0.118. The lowest BCUT2D eigenvalue weighted by Crippen LogP contribution is -2.16. The Morgan fingerprint density at radius 2 is 1.11 bits per heavy atom. The topological polar surface area (TPSA) is 3.24 Å². The van der Waals surface area contributed by atoms with Gasteiger partial charge in [-0.15, -0.1) is 11.8 Å². The zero-order valence-corrected chi connectivity index (χ0v) is 21.7. The Hall–Kier alpha value is -3.75. The molecule has 0 N–H and O–H groups in total. The van der Waals surface area contributed by atoms with Crippen molar-refractivity contribution in [2.45, 2.75) is 24.2 Å². The van der Waals surface area contributed by atoms with Gasteiger partial charge in [0.2, 0.25) is 0 Å². The van der Waals surface area contributed by atoms with Crippen molar-refractivity contribution in [2.75, 3.05) is 11.2 Å². The maximum absolute atomic E-state index is 2.40. The van der Waals surface area contributed by atoms with Gasteiger partial charge in [0.05, 0.1) is 0 Å². The van der Waals surface area contributed by atoms with Gasteiger partial charge in [-0.2, -0.15) is 0 Å². The van der Waals surface area contributed by atoms with Gasteiger partial charge in [-0.3, -0.25) is 0 Å². The second-order valence-corrected chi connectivity index (χ2v) is 10.7. The Bertz CT molecular complexity index is 1500. The number of hydrogen-bond acceptors (Lipinski definition) is 2. The van der Waals surface area contributed by atoms with Crippen molar-refractivity contribution in [2.24, 2.45) is 0 Å². The summed E-state index contributed by atoms with van der Waals surface area (Å²) in [5, 5.41) is 0. The second-order valence-electron chi connectivity index (χ2n) is 9.85. The summed E-state index contributed by atoms with van der Waals surface area (Å²) in [6.07, 6.45) is 2.13. The SMILES string of the molecule is CSc1cccc(-c2ccc3c(c2)C(C)(C)c2cc(N(c4ccccc4)c4ccccc4)ccc2-3)c1. The van der Waals surface area contributed by atoms with Crippen molar-refractivity contribution in [3.63, 3.8) is 0 Å². The third-order valence-corrected chi connectivity index (χ3v) is 8.07. The van der Waals surface area contributed by atoms with Crippen molar-refractivity contribution < 1.29 is 0 Å². The van der Waals surface area contributed by atoms with E-state index >= 15 is 0 Å². The Morgan fingerprint density at radius 3 is 1.75 bits per heavy atom. The monoisotopic (exact) mass is 483 g/mol. The molecule has 0 fully saturated rings. The van der Waals surface area contributed by atoms with Gasteiger partial charge in [-0.1, -0.05) is 80.6 Å². The van der Waals surface area contributed by atoms with Crippen LogP contribution in [0.1, 0.15) is 25.0 Å². The molecular formula is C34H29NS. The lowest BCUT2D eigenvalue weighted by Gasteiger charge is -2.28. The van der Waals surface area contributed by atoms with Crippen LogP contribution in [0, 0.1) is 0 Å². The maximum Gasteiger partial charge on any atom is 0.0465 e. The maximum atomic E-state index is 2.40. The van der Waals surface area contributed by atoms with E-state index < -0.39 is 0 Å². The summed E-state index contributed by atoms with van der Waals surface area (Å²) < 4.78 is 0. The van der Waals surface area contributed by atoms with Gasteiger partial charge in [0, 0.05) is 27.4 Å². The van der Waals surface area contributed by atoms with E-state index in [1.807, 2.05) is 0 Å². The number of benzene rings is 5. The van der Waals surface area contributed by atoms with Crippen molar-refractivity contribution in [3.8, 4) is 22.3 Å². The Kier molecular flexibility index (Phi) is 5.70. The highest BCUT2D eigenvalue weighted by Crippen LogP contribution is 2.51. The van der Waals surface area contributed by atoms with Gasteiger partial charge in [0.15, 0.2) is 0 Å². The van der Waals surface area contributed by atoms with Crippen molar-refractivity contribution in [3.05, 3.63) is 132 Å². The third-order valence-electron chi connectivity index (χ3n) is 7.35. The van der Waals surface area contributed by atoms with E-state index in [0.717, 1.165) is 11.4 Å². The molecule has 5 aromatic carbocycles. The summed E-state index contributed by atoms with van der Waals surface area (Å²) in [4.78, 5) is 3.64. The molecular weight excluding hydrogens is 454 g/mol. The van der Waals surface area contributed by atoms with Crippen LogP contribution in [-0.4, -0.2) is 6.26 Å². The Balaban J connectivity index is 1.46. The predicted octanol–water partition coefficient (Wildman–Crippen LogP) is 9.85. The van der Waals surface area contributed by atoms with Crippen LogP contribution in [0.3, 0.4) is 0 Å². The van der Waals surface area contributed by atoms with E-state index in [9.17, 15) is 0 Å². The molecule has 0 aliphatic heterocycles. The summed E-state index contributed by atoms with van der Waals surface area (Å²) >= 11 is 1.79. The normalized spacial score (nSPS) is 13.2. The third kappa shape index (κ3) is 3.83. The summed E-state index contributed by atoms with van der Waals surface area (Å²) in [6, 6.07) is 44.1. The van der Waals surface area contributed by atoms with Gasteiger partial charge < -0.3 is 4.90 Å². The first-order valence-electron chi connectivity index (χ1n) is 12.4. The van der Waals surface area contributed by atoms with Crippen molar-refractivity contribution in [1.82, 2.24) is 0 Å². The van der Waals surface area contributed by atoms with Gasteiger partial charge in [0.25, 0.3) is 0 Å². The lowest BCUT2D eigenvalue weighted by molar-refractivity contribution is 0.660. The zero-order valence-electron chi connectivity index (χ0n) is 20.9. The number of para-hydroxylation sites is 2. The zero-order chi connectivity index (χ0) is 24.7. The van der Waals surface area contributed by atoms with Crippen LogP contribution in [-0.2, 0) is 5.41 Å². The molecule has 0 saturated heterocycles. The highest BCUT2D eigenvalue weighted by molar-refractivity contribution is 7.98. The van der Waals surface area contributed by atoms with E-state index in [2.05, 4.69) is 146 Å². The molecule has 1 aliphatic rings. The molecule has 2 heteroatoms. The first-order valence-corrected chi connectivity index (χ1v) is 13.6. The molecule has 0 spiro atoms. The number of rotatable bonds is 5. The molecule has 0 aromatic heterocycles. The van der Waals surface area contributed by atoms with E-state index in [-0.39, 0.29) is 5.41 Å². The molecule has 1 nitrogen and oxygen atoms in total. The average Bonchev–Trinajstić information content (AvgIpc) is 3.16. The molecule has 5 aromatic rings. The molecule has 0 atom stereocenters. The summed E-state index contributed by atoms with van der Waals surface area (Å²) in [7, 11) is 0. The standard InChI is InChI=1S/C34H29NS/c1-34(2)32-22-25(24-11-10-16-29(21-24)36-3)17-19-30(32)31-20-18-28(23-33(31)34)35(26-12-6-4-7-13-26)27-14-8-5-9-15-27/h4-23H,1-3H3. The van der Waals surface area contributed by atoms with E-state index in [4.69, 9.17) is 0 Å². The number of anilines is 3. The quantitative estimate of drug-likeness (QED) is 0.229. The second kappa shape index (κ2) is 9.04. The molecule has 0 radical (unpaired) electrons. The average molecular weight is 484 g/mol. The smallest absolute Gasteiger partial charge is 0.0465 e. The molecule has 6 rings (SSSR count). The van der Waals surface area contributed by atoms with Gasteiger partial charge in [0.1, 0.15) is 0 Å². The lowest BCUT2D eigenvalue weighted by atomic mass is 9.81. The summed E-state index contributed by atoms with van der Waals surface area (Å²) in [6.45, 7) is 4.72. The molecule has 0 amide bonds. The van der Waals surface area contributed by atoms with Crippen LogP contribution in [0.4, 0.5) is 17.1 Å². The van der Waals surface area contributed by atoms with E-state index in [1.165, 1.54) is 44.0 Å². The highest BCUT2D eigenvalue weighted by Gasteiger charge is 2.36. The molecule has 36 heavy (non-hydrogen) atoms. The highest BCUT2D eigenvalue weighted by atomic mass is 32.2. The fourth-order valence-corrected chi connectivity index (χ4v) is 5.91. The van der Waals surface area contributed by atoms with Crippen LogP contribution >= 0.6 is 11.8 Å². The molecule has 0 unspecified atom stereocenters. The number of hydrogen-bond donors (Lipinski definition) is 0. The molecule has 0 saturated carbocycles. The van der Waals surface area contributed by atoms with E-state index in [0.29, 0.717) is 0 Å². The fourth-order valence-electron chi connectivity index (χ4n) is 5.45. The minimum Gasteiger partial charge on any atom is -0.310 e. The van der Waals surface area contributed by atoms with Gasteiger partial charge in [-0.25, -0.2) is 0 Å². The molecule has 1 aliphatic carbocycles. The van der Waals surface area contributed by atoms with Gasteiger partial charge in [-0.05, 0) is 94.2 Å². The van der Waals surface area contributed by atoms with Crippen LogP contribution in [0.2, 0.25) is 0 Å². The van der Waals surface area contributed by atoms with Crippen LogP contribution in [0.25, 0.3) is 22.3 Å². The minimum atomic E-state index is -0.0904. The van der Waals surface area contributed by atoms with E-state index in [1.54, 1.807) is 11.8 Å². The first-order chi connectivity index (χ1) is 17.6. The van der Waals surface area contributed by atoms with Crippen LogP contribution in [0.15, 0.2) is 126 Å². The Labute approximate surface area is 218 Å². The molecule has 0 heterocycles. The van der Waals surface area contributed by atoms with Crippen LogP contribution < -0.4 is 4.90 Å². The number of thioether (sulfide) groups is 1. The summed E-state index contributed by atoms with van der Waals surface area (Å²) in [5.74, 6) is 0. The first kappa shape index (κ1) is 22.7. The predicted molar refractivity (Wildman–Crippen MR) is 156 cm³/mol.